The van der Waals surface area contributed by atoms with Crippen LogP contribution in [0.1, 0.15) is 1.37 Å². The van der Waals surface area contributed by atoms with Crippen LogP contribution in [0.25, 0.3) is 0 Å². The van der Waals surface area contributed by atoms with E-state index in [2.05, 4.69) is 27.6 Å². The third-order valence-corrected chi connectivity index (χ3v) is 1.18. The number of aromatic nitrogens is 1. The molecule has 1 aromatic rings. The van der Waals surface area contributed by atoms with E-state index >= 15 is 0 Å². The molecule has 1 nitrogen and oxygen atoms in total. The molecule has 0 aliphatic carbocycles. The first-order chi connectivity index (χ1) is 3.79. The summed E-state index contributed by atoms with van der Waals surface area (Å²) in [5.74, 6) is 0. The summed E-state index contributed by atoms with van der Waals surface area (Å²) in [6.45, 7) is 0. The first-order valence-corrected chi connectivity index (χ1v) is 2.96. The number of hydrogen-bond acceptors (Lipinski definition) is 1. The maximum Gasteiger partial charge on any atom is 0.101 e. The van der Waals surface area contributed by atoms with E-state index in [1.165, 1.54) is 0 Å². The molecule has 0 saturated carbocycles. The minimum absolute atomic E-state index is 0.330. The maximum atomic E-state index is 7.02. The lowest BCUT2D eigenvalue weighted by Gasteiger charge is -1.80. The van der Waals surface area contributed by atoms with Crippen LogP contribution in [-0.2, 0) is 0 Å². The average Bonchev–Trinajstić information content (AvgIpc) is 1.64. The Kier molecular flexibility index (Phi) is 1.23. The van der Waals surface area contributed by atoms with Gasteiger partial charge in [0.1, 0.15) is 3.70 Å². The molecule has 0 fully saturated rings. The Labute approximate surface area is 57.3 Å². The zero-order valence-corrected chi connectivity index (χ0v) is 5.71. The van der Waals surface area contributed by atoms with Gasteiger partial charge in [-0.2, -0.15) is 0 Å². The van der Waals surface area contributed by atoms with Gasteiger partial charge in [-0.1, -0.05) is 6.07 Å². The SMILES string of the molecule is [2H]c1cccc(I)n1. The van der Waals surface area contributed by atoms with Crippen LogP contribution < -0.4 is 0 Å². The molecule has 1 rings (SSSR count). The second kappa shape index (κ2) is 2.26. The van der Waals surface area contributed by atoms with E-state index in [0.717, 1.165) is 3.70 Å². The van der Waals surface area contributed by atoms with Gasteiger partial charge in [0.2, 0.25) is 0 Å². The number of hydrogen-bond donors (Lipinski definition) is 0. The van der Waals surface area contributed by atoms with Crippen molar-refractivity contribution in [2.45, 2.75) is 0 Å². The largest absolute Gasteiger partial charge is 0.250 e. The van der Waals surface area contributed by atoms with Crippen LogP contribution >= 0.6 is 22.6 Å². The van der Waals surface area contributed by atoms with Crippen molar-refractivity contribution in [2.24, 2.45) is 0 Å². The second-order valence-electron chi connectivity index (χ2n) is 1.09. The van der Waals surface area contributed by atoms with Crippen molar-refractivity contribution in [1.29, 1.82) is 0 Å². The molecule has 1 heterocycles. The van der Waals surface area contributed by atoms with E-state index in [-0.39, 0.29) is 0 Å². The highest BCUT2D eigenvalue weighted by molar-refractivity contribution is 14.1. The fourth-order valence-electron chi connectivity index (χ4n) is 0.307. The Morgan fingerprint density at radius 3 is 3.00 bits per heavy atom. The van der Waals surface area contributed by atoms with Gasteiger partial charge in [0.15, 0.2) is 0 Å². The predicted molar refractivity (Wildman–Crippen MR) is 37.0 cm³/mol. The van der Waals surface area contributed by atoms with Gasteiger partial charge in [0, 0.05) is 6.17 Å². The maximum absolute atomic E-state index is 7.02. The van der Waals surface area contributed by atoms with Crippen molar-refractivity contribution in [3.8, 4) is 0 Å². The van der Waals surface area contributed by atoms with Crippen LogP contribution in [-0.4, -0.2) is 4.98 Å². The van der Waals surface area contributed by atoms with Crippen molar-refractivity contribution in [3.05, 3.63) is 28.1 Å². The smallest absolute Gasteiger partial charge is 0.101 e. The minimum atomic E-state index is 0.330. The van der Waals surface area contributed by atoms with Gasteiger partial charge in [0.05, 0.1) is 1.37 Å². The first-order valence-electron chi connectivity index (χ1n) is 2.38. The topological polar surface area (TPSA) is 12.9 Å². The first kappa shape index (κ1) is 3.83. The van der Waals surface area contributed by atoms with Crippen LogP contribution in [0, 0.1) is 3.70 Å². The van der Waals surface area contributed by atoms with E-state index in [1.807, 2.05) is 12.1 Å². The van der Waals surface area contributed by atoms with E-state index < -0.39 is 0 Å². The normalized spacial score (nSPS) is 10.7. The molecule has 0 spiro atoms. The van der Waals surface area contributed by atoms with E-state index in [1.54, 1.807) is 6.07 Å². The van der Waals surface area contributed by atoms with E-state index in [4.69, 9.17) is 1.37 Å². The summed E-state index contributed by atoms with van der Waals surface area (Å²) < 4.78 is 7.89. The summed E-state index contributed by atoms with van der Waals surface area (Å²) in [4.78, 5) is 3.83. The van der Waals surface area contributed by atoms with E-state index in [0.29, 0.717) is 6.17 Å². The van der Waals surface area contributed by atoms with Crippen LogP contribution in [0.4, 0.5) is 0 Å². The highest BCUT2D eigenvalue weighted by Gasteiger charge is 1.75. The lowest BCUT2D eigenvalue weighted by Crippen LogP contribution is -1.71. The fourth-order valence-corrected chi connectivity index (χ4v) is 0.654. The molecular formula is C5H4IN. The molecule has 0 atom stereocenters. The summed E-state index contributed by atoms with van der Waals surface area (Å²) in [6.07, 6.45) is 0.330. The summed E-state index contributed by atoms with van der Waals surface area (Å²) in [5, 5.41) is 0. The molecule has 2 heteroatoms. The molecule has 7 heavy (non-hydrogen) atoms. The van der Waals surface area contributed by atoms with Gasteiger partial charge >= 0.3 is 0 Å². The van der Waals surface area contributed by atoms with Crippen molar-refractivity contribution in [1.82, 2.24) is 4.98 Å². The highest BCUT2D eigenvalue weighted by atomic mass is 127. The van der Waals surface area contributed by atoms with Crippen LogP contribution in [0.3, 0.4) is 0 Å². The highest BCUT2D eigenvalue weighted by Crippen LogP contribution is 1.94. The predicted octanol–water partition coefficient (Wildman–Crippen LogP) is 1.69. The third kappa shape index (κ3) is 1.43. The second-order valence-corrected chi connectivity index (χ2v) is 2.19. The lowest BCUT2D eigenvalue weighted by molar-refractivity contribution is 1.27. The molecule has 0 aromatic carbocycles. The number of nitrogens with zero attached hydrogens (tertiary/aromatic N) is 1. The van der Waals surface area contributed by atoms with Gasteiger partial charge in [-0.3, -0.25) is 4.98 Å². The Morgan fingerprint density at radius 1 is 1.71 bits per heavy atom. The van der Waals surface area contributed by atoms with Gasteiger partial charge < -0.3 is 0 Å². The number of halogens is 1. The van der Waals surface area contributed by atoms with Crippen molar-refractivity contribution in [3.63, 3.8) is 0 Å². The zero-order chi connectivity index (χ0) is 5.98. The van der Waals surface area contributed by atoms with E-state index in [9.17, 15) is 0 Å². The Balaban J connectivity index is 3.08. The summed E-state index contributed by atoms with van der Waals surface area (Å²) in [5.41, 5.74) is 0. The molecule has 1 aromatic heterocycles. The van der Waals surface area contributed by atoms with Crippen molar-refractivity contribution in [2.75, 3.05) is 0 Å². The van der Waals surface area contributed by atoms with Crippen LogP contribution in [0.15, 0.2) is 24.4 Å². The molecule has 36 valence electrons. The van der Waals surface area contributed by atoms with Crippen LogP contribution in [0.2, 0.25) is 0 Å². The monoisotopic (exact) mass is 206 g/mol. The fraction of sp³-hybridized carbons (Fsp3) is 0. The van der Waals surface area contributed by atoms with Gasteiger partial charge in [-0.15, -0.1) is 0 Å². The Bertz CT molecular complexity index is 172. The lowest BCUT2D eigenvalue weighted by atomic mass is 10.5. The summed E-state index contributed by atoms with van der Waals surface area (Å²) in [7, 11) is 0. The van der Waals surface area contributed by atoms with Gasteiger partial charge in [-0.25, -0.2) is 0 Å². The summed E-state index contributed by atoms with van der Waals surface area (Å²) >= 11 is 2.07. The molecular weight excluding hydrogens is 201 g/mol. The van der Waals surface area contributed by atoms with Gasteiger partial charge in [0.25, 0.3) is 0 Å². The minimum Gasteiger partial charge on any atom is -0.250 e. The molecule has 0 N–H and O–H groups in total. The zero-order valence-electron chi connectivity index (χ0n) is 4.56. The molecule has 0 saturated heterocycles. The molecule has 0 aliphatic heterocycles. The third-order valence-electron chi connectivity index (χ3n) is 0.576. The molecule has 0 bridgehead atoms. The Hall–Kier alpha value is -0.120. The molecule has 0 amide bonds. The van der Waals surface area contributed by atoms with Crippen LogP contribution in [0.5, 0.6) is 0 Å². The molecule has 0 aliphatic rings. The number of pyridine rings is 1. The quantitative estimate of drug-likeness (QED) is 0.464. The average molecular weight is 206 g/mol. The summed E-state index contributed by atoms with van der Waals surface area (Å²) in [6, 6.07) is 5.33. The van der Waals surface area contributed by atoms with Gasteiger partial charge in [-0.05, 0) is 34.7 Å². The van der Waals surface area contributed by atoms with Crippen molar-refractivity contribution >= 4 is 22.6 Å². The molecule has 0 unspecified atom stereocenters. The Morgan fingerprint density at radius 2 is 2.57 bits per heavy atom. The van der Waals surface area contributed by atoms with Crippen molar-refractivity contribution < 1.29 is 1.37 Å². The molecule has 0 radical (unpaired) electrons. The standard InChI is InChI=1S/C5H4IN/c6-5-3-1-2-4-7-5/h1-4H/i4D. The number of rotatable bonds is 0.